The van der Waals surface area contributed by atoms with Gasteiger partial charge in [0.2, 0.25) is 5.91 Å². The fourth-order valence-corrected chi connectivity index (χ4v) is 4.70. The predicted molar refractivity (Wildman–Crippen MR) is 91.1 cm³/mol. The fourth-order valence-electron chi connectivity index (χ4n) is 4.70. The standard InChI is InChI=1S/C19H21N3O2/c1-11-4-5-15-14(10-11)19(18(23)20-15)12-6-8-21(2)16(12)24-17-13(19)7-9-22(17)3/h4-5,10H,6-9H2,1-3H3,(H,20,23). The predicted octanol–water partition coefficient (Wildman–Crippen LogP) is 2.31. The number of aryl methyl sites for hydroxylation is 1. The number of hydrogen-bond donors (Lipinski definition) is 1. The van der Waals surface area contributed by atoms with Crippen molar-refractivity contribution in [2.24, 2.45) is 0 Å². The Hall–Kier alpha value is -2.43. The molecule has 0 aromatic heterocycles. The van der Waals surface area contributed by atoms with Gasteiger partial charge in [-0.05, 0) is 25.8 Å². The summed E-state index contributed by atoms with van der Waals surface area (Å²) >= 11 is 0. The van der Waals surface area contributed by atoms with Gasteiger partial charge in [-0.2, -0.15) is 0 Å². The summed E-state index contributed by atoms with van der Waals surface area (Å²) in [5.41, 5.74) is 4.79. The molecule has 0 fully saturated rings. The third-order valence-corrected chi connectivity index (χ3v) is 5.87. The molecule has 24 heavy (non-hydrogen) atoms. The topological polar surface area (TPSA) is 44.8 Å². The average Bonchev–Trinajstić information content (AvgIpc) is 3.19. The number of nitrogens with zero attached hydrogens (tertiary/aromatic N) is 2. The van der Waals surface area contributed by atoms with Crippen LogP contribution in [-0.2, 0) is 14.9 Å². The molecule has 1 N–H and O–H groups in total. The van der Waals surface area contributed by atoms with Crippen LogP contribution in [0.3, 0.4) is 0 Å². The molecule has 1 spiro atoms. The Morgan fingerprint density at radius 1 is 1.08 bits per heavy atom. The molecule has 0 atom stereocenters. The van der Waals surface area contributed by atoms with Crippen LogP contribution in [0.25, 0.3) is 0 Å². The summed E-state index contributed by atoms with van der Waals surface area (Å²) in [5.74, 6) is 1.82. The number of carbonyl (C=O) groups excluding carboxylic acids is 1. The molecular weight excluding hydrogens is 302 g/mol. The number of anilines is 1. The van der Waals surface area contributed by atoms with Gasteiger partial charge in [0, 0.05) is 49.6 Å². The highest BCUT2D eigenvalue weighted by atomic mass is 16.5. The molecule has 0 saturated heterocycles. The van der Waals surface area contributed by atoms with Gasteiger partial charge >= 0.3 is 0 Å². The van der Waals surface area contributed by atoms with E-state index < -0.39 is 5.41 Å². The maximum atomic E-state index is 13.3. The third kappa shape index (κ3) is 1.44. The maximum Gasteiger partial charge on any atom is 0.243 e. The van der Waals surface area contributed by atoms with Crippen LogP contribution in [0.1, 0.15) is 24.0 Å². The number of hydrogen-bond acceptors (Lipinski definition) is 4. The van der Waals surface area contributed by atoms with Crippen LogP contribution in [0, 0.1) is 6.92 Å². The molecule has 5 rings (SSSR count). The Kier molecular flexibility index (Phi) is 2.53. The van der Waals surface area contributed by atoms with E-state index in [-0.39, 0.29) is 5.91 Å². The lowest BCUT2D eigenvalue weighted by molar-refractivity contribution is -0.119. The summed E-state index contributed by atoms with van der Waals surface area (Å²) in [5, 5.41) is 3.14. The second kappa shape index (κ2) is 4.35. The van der Waals surface area contributed by atoms with Crippen molar-refractivity contribution in [1.82, 2.24) is 9.80 Å². The van der Waals surface area contributed by atoms with E-state index in [9.17, 15) is 4.79 Å². The molecular formula is C19H21N3O2. The largest absolute Gasteiger partial charge is 0.425 e. The second-order valence-corrected chi connectivity index (χ2v) is 7.27. The zero-order valence-corrected chi connectivity index (χ0v) is 14.3. The third-order valence-electron chi connectivity index (χ3n) is 5.87. The molecule has 124 valence electrons. The molecule has 0 unspecified atom stereocenters. The Morgan fingerprint density at radius 3 is 2.33 bits per heavy atom. The number of amides is 1. The van der Waals surface area contributed by atoms with Crippen molar-refractivity contribution < 1.29 is 9.53 Å². The molecule has 1 aromatic rings. The molecule has 0 radical (unpaired) electrons. The Morgan fingerprint density at radius 2 is 1.71 bits per heavy atom. The molecule has 4 aliphatic rings. The van der Waals surface area contributed by atoms with Gasteiger partial charge in [0.25, 0.3) is 0 Å². The minimum atomic E-state index is -0.681. The SMILES string of the molecule is Cc1ccc2c(c1)C1(C(=O)N2)C2=C(OC3=C1CCN3C)N(C)CC2. The number of benzene rings is 1. The summed E-state index contributed by atoms with van der Waals surface area (Å²) in [6.07, 6.45) is 1.74. The molecule has 4 aliphatic heterocycles. The van der Waals surface area contributed by atoms with E-state index in [2.05, 4.69) is 34.2 Å². The molecule has 1 amide bonds. The van der Waals surface area contributed by atoms with Crippen molar-refractivity contribution in [3.63, 3.8) is 0 Å². The van der Waals surface area contributed by atoms with Gasteiger partial charge in [-0.25, -0.2) is 0 Å². The number of carbonyl (C=O) groups is 1. The van der Waals surface area contributed by atoms with Crippen LogP contribution in [0.2, 0.25) is 0 Å². The van der Waals surface area contributed by atoms with Gasteiger partial charge in [-0.3, -0.25) is 4.79 Å². The lowest BCUT2D eigenvalue weighted by Crippen LogP contribution is -2.41. The first-order valence-electron chi connectivity index (χ1n) is 8.53. The van der Waals surface area contributed by atoms with Gasteiger partial charge in [-0.15, -0.1) is 0 Å². The highest BCUT2D eigenvalue weighted by molar-refractivity contribution is 6.11. The first kappa shape index (κ1) is 14.0. The van der Waals surface area contributed by atoms with Gasteiger partial charge in [0.05, 0.1) is 0 Å². The van der Waals surface area contributed by atoms with E-state index >= 15 is 0 Å². The highest BCUT2D eigenvalue weighted by Crippen LogP contribution is 2.57. The highest BCUT2D eigenvalue weighted by Gasteiger charge is 2.59. The molecule has 1 aromatic carbocycles. The molecule has 4 heterocycles. The first-order valence-corrected chi connectivity index (χ1v) is 8.53. The van der Waals surface area contributed by atoms with E-state index in [0.29, 0.717) is 0 Å². The van der Waals surface area contributed by atoms with Gasteiger partial charge in [-0.1, -0.05) is 17.7 Å². The minimum absolute atomic E-state index is 0.0806. The normalized spacial score (nSPS) is 23.5. The average molecular weight is 323 g/mol. The lowest BCUT2D eigenvalue weighted by atomic mass is 9.67. The smallest absolute Gasteiger partial charge is 0.243 e. The van der Waals surface area contributed by atoms with Crippen LogP contribution in [0.4, 0.5) is 5.69 Å². The Bertz CT molecular complexity index is 818. The molecule has 5 heteroatoms. The number of nitrogens with one attached hydrogen (secondary N) is 1. The minimum Gasteiger partial charge on any atom is -0.425 e. The van der Waals surface area contributed by atoms with Crippen molar-refractivity contribution in [2.75, 3.05) is 32.5 Å². The summed E-state index contributed by atoms with van der Waals surface area (Å²) in [6, 6.07) is 6.26. The number of rotatable bonds is 0. The van der Waals surface area contributed by atoms with E-state index in [1.54, 1.807) is 0 Å². The van der Waals surface area contributed by atoms with Gasteiger partial charge in [0.1, 0.15) is 5.41 Å². The van der Waals surface area contributed by atoms with Crippen molar-refractivity contribution in [2.45, 2.75) is 25.2 Å². The van der Waals surface area contributed by atoms with E-state index in [1.165, 1.54) is 5.56 Å². The van der Waals surface area contributed by atoms with Crippen LogP contribution < -0.4 is 5.32 Å². The molecule has 5 nitrogen and oxygen atoms in total. The summed E-state index contributed by atoms with van der Waals surface area (Å²) < 4.78 is 6.27. The summed E-state index contributed by atoms with van der Waals surface area (Å²) in [4.78, 5) is 17.6. The van der Waals surface area contributed by atoms with Crippen LogP contribution in [0.5, 0.6) is 0 Å². The van der Waals surface area contributed by atoms with Crippen molar-refractivity contribution in [3.8, 4) is 0 Å². The first-order chi connectivity index (χ1) is 11.5. The van der Waals surface area contributed by atoms with E-state index in [4.69, 9.17) is 4.74 Å². The zero-order valence-electron chi connectivity index (χ0n) is 14.3. The van der Waals surface area contributed by atoms with Gasteiger partial charge in [0.15, 0.2) is 11.8 Å². The zero-order chi connectivity index (χ0) is 16.6. The summed E-state index contributed by atoms with van der Waals surface area (Å²) in [6.45, 7) is 3.87. The molecule has 0 aliphatic carbocycles. The molecule has 0 saturated carbocycles. The second-order valence-electron chi connectivity index (χ2n) is 7.27. The van der Waals surface area contributed by atoms with E-state index in [1.807, 2.05) is 20.2 Å². The lowest BCUT2D eigenvalue weighted by Gasteiger charge is -2.36. The van der Waals surface area contributed by atoms with Crippen LogP contribution in [0.15, 0.2) is 41.1 Å². The monoisotopic (exact) mass is 323 g/mol. The van der Waals surface area contributed by atoms with Crippen molar-refractivity contribution in [1.29, 1.82) is 0 Å². The van der Waals surface area contributed by atoms with Crippen molar-refractivity contribution in [3.05, 3.63) is 52.2 Å². The Balaban J connectivity index is 1.85. The van der Waals surface area contributed by atoms with Crippen LogP contribution in [-0.4, -0.2) is 42.9 Å². The molecule has 0 bridgehead atoms. The van der Waals surface area contributed by atoms with Crippen LogP contribution >= 0.6 is 0 Å². The number of fused-ring (bicyclic) bond motifs is 4. The van der Waals surface area contributed by atoms with Gasteiger partial charge < -0.3 is 19.9 Å². The van der Waals surface area contributed by atoms with E-state index in [0.717, 1.165) is 60.1 Å². The number of ether oxygens (including phenoxy) is 1. The van der Waals surface area contributed by atoms with Crippen molar-refractivity contribution >= 4 is 11.6 Å². The summed E-state index contributed by atoms with van der Waals surface area (Å²) in [7, 11) is 4.08. The quantitative estimate of drug-likeness (QED) is 0.796. The maximum absolute atomic E-state index is 13.3. The Labute approximate surface area is 141 Å². The fraction of sp³-hybridized carbons (Fsp3) is 0.421.